The molecule has 4 heteroatoms. The zero-order valence-corrected chi connectivity index (χ0v) is 11.6. The minimum atomic E-state index is -0.569. The molecule has 0 radical (unpaired) electrons. The van der Waals surface area contributed by atoms with Crippen LogP contribution in [-0.4, -0.2) is 22.1 Å². The van der Waals surface area contributed by atoms with E-state index in [2.05, 4.69) is 5.32 Å². The van der Waals surface area contributed by atoms with Gasteiger partial charge in [0.05, 0.1) is 0 Å². The lowest BCUT2D eigenvalue weighted by molar-refractivity contribution is 0.0944. The molecule has 0 aromatic heterocycles. The molecule has 20 heavy (non-hydrogen) atoms. The predicted molar refractivity (Wildman–Crippen MR) is 83.1 cm³/mol. The van der Waals surface area contributed by atoms with Crippen molar-refractivity contribution in [3.8, 4) is 0 Å². The zero-order valence-electron chi connectivity index (χ0n) is 10.8. The third-order valence-corrected chi connectivity index (χ3v) is 3.21. The Morgan fingerprint density at radius 3 is 2.15 bits per heavy atom. The van der Waals surface area contributed by atoms with Gasteiger partial charge in [-0.1, -0.05) is 48.5 Å². The Kier molecular flexibility index (Phi) is 4.85. The summed E-state index contributed by atoms with van der Waals surface area (Å²) in [4.78, 5) is 12.1. The summed E-state index contributed by atoms with van der Waals surface area (Å²) in [6, 6.07) is 17.9. The van der Waals surface area contributed by atoms with Gasteiger partial charge in [0.25, 0.3) is 5.91 Å². The first-order valence-corrected chi connectivity index (χ1v) is 6.70. The summed E-state index contributed by atoms with van der Waals surface area (Å²) in [6.45, 7) is 0. The number of hydrogen-bond donors (Lipinski definition) is 2. The highest BCUT2D eigenvalue weighted by Gasteiger charge is 2.17. The van der Waals surface area contributed by atoms with Crippen molar-refractivity contribution in [2.75, 3.05) is 0 Å². The van der Waals surface area contributed by atoms with E-state index >= 15 is 0 Å². The molecule has 1 amide bonds. The second-order valence-electron chi connectivity index (χ2n) is 4.42. The molecule has 0 saturated heterocycles. The normalized spacial score (nSPS) is 11.6. The van der Waals surface area contributed by atoms with E-state index in [1.54, 1.807) is 24.3 Å². The number of benzene rings is 2. The second kappa shape index (κ2) is 6.82. The largest absolute Gasteiger partial charge is 0.500 e. The smallest absolute Gasteiger partial charge is 0.251 e. The number of carbonyl (C=O) groups excluding carboxylic acids is 1. The molecule has 0 saturated carbocycles. The Morgan fingerprint density at radius 1 is 1.05 bits per heavy atom. The van der Waals surface area contributed by atoms with Crippen LogP contribution in [0.2, 0.25) is 0 Å². The number of aliphatic hydroxyl groups is 1. The lowest BCUT2D eigenvalue weighted by atomic mass is 10.1. The Hall–Kier alpha value is -2.20. The van der Waals surface area contributed by atoms with Crippen LogP contribution in [0.4, 0.5) is 0 Å². The van der Waals surface area contributed by atoms with Crippen molar-refractivity contribution in [3.63, 3.8) is 0 Å². The Labute approximate surface area is 123 Å². The van der Waals surface area contributed by atoms with Gasteiger partial charge in [-0.05, 0) is 29.9 Å². The van der Waals surface area contributed by atoms with E-state index in [0.717, 1.165) is 5.56 Å². The van der Waals surface area contributed by atoms with Gasteiger partial charge in [0.2, 0.25) is 0 Å². The van der Waals surface area contributed by atoms with Gasteiger partial charge in [0, 0.05) is 12.0 Å². The van der Waals surface area contributed by atoms with E-state index in [0.29, 0.717) is 12.0 Å². The molecular weight excluding hydrogens is 270 g/mol. The number of hydrogen-bond acceptors (Lipinski definition) is 2. The number of amides is 1. The summed E-state index contributed by atoms with van der Waals surface area (Å²) >= 11 is 4.83. The molecule has 0 bridgehead atoms. The summed E-state index contributed by atoms with van der Waals surface area (Å²) in [5.74, 6) is -0.247. The van der Waals surface area contributed by atoms with Crippen LogP contribution < -0.4 is 5.32 Å². The Bertz CT molecular complexity index is 584. The number of nitrogens with one attached hydrogen (secondary N) is 1. The first kappa shape index (κ1) is 14.2. The quantitative estimate of drug-likeness (QED) is 0.830. The summed E-state index contributed by atoms with van der Waals surface area (Å²) < 4.78 is 0. The number of carbonyl (C=O) groups is 1. The maximum absolute atomic E-state index is 12.1. The SMILES string of the molecule is O=C(N[C@@H](Cc1ccccc1)C(O)=S)c1ccccc1. The molecular formula is C16H15NO2S. The van der Waals surface area contributed by atoms with Crippen LogP contribution in [-0.2, 0) is 6.42 Å². The molecule has 2 aromatic carbocycles. The van der Waals surface area contributed by atoms with Gasteiger partial charge in [0.1, 0.15) is 6.04 Å². The fourth-order valence-corrected chi connectivity index (χ4v) is 2.02. The molecule has 1 atom stereocenters. The molecule has 0 spiro atoms. The summed E-state index contributed by atoms with van der Waals surface area (Å²) in [7, 11) is 0. The first-order chi connectivity index (χ1) is 9.66. The highest BCUT2D eigenvalue weighted by atomic mass is 32.1. The van der Waals surface area contributed by atoms with Crippen molar-refractivity contribution in [1.82, 2.24) is 5.32 Å². The average molecular weight is 285 g/mol. The molecule has 0 unspecified atom stereocenters. The minimum Gasteiger partial charge on any atom is -0.500 e. The van der Waals surface area contributed by atoms with Crippen molar-refractivity contribution in [2.45, 2.75) is 12.5 Å². The molecule has 0 aliphatic carbocycles. The topological polar surface area (TPSA) is 49.3 Å². The van der Waals surface area contributed by atoms with Crippen LogP contribution in [0.1, 0.15) is 15.9 Å². The second-order valence-corrected chi connectivity index (χ2v) is 4.84. The molecule has 2 N–H and O–H groups in total. The molecule has 0 aliphatic rings. The van der Waals surface area contributed by atoms with Crippen LogP contribution in [0.5, 0.6) is 0 Å². The maximum atomic E-state index is 12.1. The molecule has 2 aromatic rings. The zero-order chi connectivity index (χ0) is 14.4. The third kappa shape index (κ3) is 3.90. The first-order valence-electron chi connectivity index (χ1n) is 6.29. The van der Waals surface area contributed by atoms with Crippen LogP contribution in [0.3, 0.4) is 0 Å². The Balaban J connectivity index is 2.07. The predicted octanol–water partition coefficient (Wildman–Crippen LogP) is 2.91. The minimum absolute atomic E-state index is 0.210. The van der Waals surface area contributed by atoms with Gasteiger partial charge in [-0.15, -0.1) is 0 Å². The van der Waals surface area contributed by atoms with Gasteiger partial charge >= 0.3 is 0 Å². The van der Waals surface area contributed by atoms with Crippen LogP contribution in [0.15, 0.2) is 60.7 Å². The highest BCUT2D eigenvalue weighted by Crippen LogP contribution is 2.06. The number of rotatable bonds is 5. The van der Waals surface area contributed by atoms with Gasteiger partial charge in [0.15, 0.2) is 5.05 Å². The van der Waals surface area contributed by atoms with Crippen LogP contribution >= 0.6 is 12.2 Å². The molecule has 0 fully saturated rings. The molecule has 102 valence electrons. The van der Waals surface area contributed by atoms with Gasteiger partial charge in [-0.2, -0.15) is 0 Å². The summed E-state index contributed by atoms with van der Waals surface area (Å²) in [6.07, 6.45) is 0.467. The molecule has 2 rings (SSSR count). The lowest BCUT2D eigenvalue weighted by Gasteiger charge is -2.16. The van der Waals surface area contributed by atoms with E-state index < -0.39 is 6.04 Å². The van der Waals surface area contributed by atoms with E-state index in [9.17, 15) is 9.90 Å². The third-order valence-electron chi connectivity index (χ3n) is 2.92. The standard InChI is InChI=1S/C16H15NO2S/c18-15(13-9-5-2-6-10-13)17-14(16(19)20)11-12-7-3-1-4-8-12/h1-10,14H,11H2,(H,17,18)(H,19,20)/t14-/m0/s1. The van der Waals surface area contributed by atoms with Gasteiger partial charge in [-0.25, -0.2) is 0 Å². The Morgan fingerprint density at radius 2 is 1.60 bits per heavy atom. The van der Waals surface area contributed by atoms with Crippen molar-refractivity contribution in [2.24, 2.45) is 0 Å². The van der Waals surface area contributed by atoms with Gasteiger partial charge < -0.3 is 10.4 Å². The molecule has 0 heterocycles. The van der Waals surface area contributed by atoms with Crippen LogP contribution in [0.25, 0.3) is 0 Å². The number of thiocarbonyl (C=S) groups is 1. The van der Waals surface area contributed by atoms with Crippen molar-refractivity contribution < 1.29 is 9.90 Å². The van der Waals surface area contributed by atoms with E-state index in [1.165, 1.54) is 0 Å². The lowest BCUT2D eigenvalue weighted by Crippen LogP contribution is -2.41. The highest BCUT2D eigenvalue weighted by molar-refractivity contribution is 7.80. The summed E-state index contributed by atoms with van der Waals surface area (Å²) in [5, 5.41) is 12.1. The number of aliphatic hydroxyl groups excluding tert-OH is 1. The van der Waals surface area contributed by atoms with E-state index in [4.69, 9.17) is 12.2 Å². The van der Waals surface area contributed by atoms with E-state index in [-0.39, 0.29) is 11.0 Å². The fraction of sp³-hybridized carbons (Fsp3) is 0.125. The molecule has 0 aliphatic heterocycles. The molecule has 3 nitrogen and oxygen atoms in total. The monoisotopic (exact) mass is 285 g/mol. The van der Waals surface area contributed by atoms with Crippen LogP contribution in [0, 0.1) is 0 Å². The van der Waals surface area contributed by atoms with Crippen molar-refractivity contribution >= 4 is 23.2 Å². The summed E-state index contributed by atoms with van der Waals surface area (Å²) in [5.41, 5.74) is 1.55. The van der Waals surface area contributed by atoms with E-state index in [1.807, 2.05) is 36.4 Å². The van der Waals surface area contributed by atoms with Crippen molar-refractivity contribution in [3.05, 3.63) is 71.8 Å². The van der Waals surface area contributed by atoms with Gasteiger partial charge in [-0.3, -0.25) is 4.79 Å². The fourth-order valence-electron chi connectivity index (χ4n) is 1.88. The average Bonchev–Trinajstić information content (AvgIpc) is 2.48. The maximum Gasteiger partial charge on any atom is 0.251 e. The van der Waals surface area contributed by atoms with Crippen molar-refractivity contribution in [1.29, 1.82) is 0 Å².